The number of aryl methyl sites for hydroxylation is 2. The van der Waals surface area contributed by atoms with E-state index in [0.717, 1.165) is 22.4 Å². The van der Waals surface area contributed by atoms with Crippen molar-refractivity contribution in [1.29, 1.82) is 0 Å². The first-order valence-electron chi connectivity index (χ1n) is 10.9. The van der Waals surface area contributed by atoms with Gasteiger partial charge in [0, 0.05) is 18.3 Å². The Balaban J connectivity index is 1.74. The highest BCUT2D eigenvalue weighted by atomic mass is 16.5. The highest BCUT2D eigenvalue weighted by molar-refractivity contribution is 6.00. The standard InChI is InChI=1S/C27H30N2O5/c1-18-10-9-11-19(2)25(18)28-24(30)16-29(3)27(31)21-14-22(32-4)26(23(15-21)33-5)34-17-20-12-7-6-8-13-20/h6-15H,16-17H2,1-5H3,(H,28,30). The first-order valence-corrected chi connectivity index (χ1v) is 10.9. The molecular weight excluding hydrogens is 432 g/mol. The van der Waals surface area contributed by atoms with Gasteiger partial charge in [0.15, 0.2) is 11.5 Å². The van der Waals surface area contributed by atoms with Crippen LogP contribution in [0.25, 0.3) is 0 Å². The molecule has 0 aliphatic carbocycles. The number of hydrogen-bond donors (Lipinski definition) is 1. The molecule has 0 radical (unpaired) electrons. The summed E-state index contributed by atoms with van der Waals surface area (Å²) in [7, 11) is 4.57. The molecule has 178 valence electrons. The van der Waals surface area contributed by atoms with E-state index in [1.165, 1.54) is 19.1 Å². The molecule has 7 nitrogen and oxygen atoms in total. The Labute approximate surface area is 200 Å². The minimum atomic E-state index is -0.345. The van der Waals surface area contributed by atoms with Gasteiger partial charge in [0.25, 0.3) is 5.91 Å². The summed E-state index contributed by atoms with van der Waals surface area (Å²) >= 11 is 0. The lowest BCUT2D eigenvalue weighted by Crippen LogP contribution is -2.35. The van der Waals surface area contributed by atoms with Crippen molar-refractivity contribution in [3.63, 3.8) is 0 Å². The fourth-order valence-electron chi connectivity index (χ4n) is 3.57. The van der Waals surface area contributed by atoms with Crippen molar-refractivity contribution >= 4 is 17.5 Å². The van der Waals surface area contributed by atoms with Gasteiger partial charge in [0.05, 0.1) is 20.8 Å². The van der Waals surface area contributed by atoms with Crippen molar-refractivity contribution in [1.82, 2.24) is 4.90 Å². The van der Waals surface area contributed by atoms with E-state index in [1.54, 1.807) is 19.2 Å². The third-order valence-electron chi connectivity index (χ3n) is 5.41. The number of methoxy groups -OCH3 is 2. The second kappa shape index (κ2) is 11.2. The van der Waals surface area contributed by atoms with Crippen LogP contribution in [0.15, 0.2) is 60.7 Å². The smallest absolute Gasteiger partial charge is 0.254 e. The monoisotopic (exact) mass is 462 g/mol. The summed E-state index contributed by atoms with van der Waals surface area (Å²) in [6.45, 7) is 4.07. The van der Waals surface area contributed by atoms with E-state index in [4.69, 9.17) is 14.2 Å². The molecule has 0 unspecified atom stereocenters. The lowest BCUT2D eigenvalue weighted by Gasteiger charge is -2.20. The Bertz CT molecular complexity index is 1120. The molecule has 0 aliphatic rings. The summed E-state index contributed by atoms with van der Waals surface area (Å²) < 4.78 is 16.9. The van der Waals surface area contributed by atoms with Gasteiger partial charge in [0.2, 0.25) is 11.7 Å². The lowest BCUT2D eigenvalue weighted by atomic mass is 10.1. The van der Waals surface area contributed by atoms with E-state index in [1.807, 2.05) is 62.4 Å². The third kappa shape index (κ3) is 5.86. The van der Waals surface area contributed by atoms with E-state index in [9.17, 15) is 9.59 Å². The molecule has 0 heterocycles. The molecule has 1 N–H and O–H groups in total. The lowest BCUT2D eigenvalue weighted by molar-refractivity contribution is -0.116. The Morgan fingerprint density at radius 2 is 1.47 bits per heavy atom. The topological polar surface area (TPSA) is 77.1 Å². The SMILES string of the molecule is COc1cc(C(=O)N(C)CC(=O)Nc2c(C)cccc2C)cc(OC)c1OCc1ccccc1. The predicted octanol–water partition coefficient (Wildman–Crippen LogP) is 4.61. The zero-order chi connectivity index (χ0) is 24.7. The molecule has 0 spiro atoms. The van der Waals surface area contributed by atoms with Crippen LogP contribution in [0.4, 0.5) is 5.69 Å². The molecule has 0 saturated heterocycles. The van der Waals surface area contributed by atoms with Gasteiger partial charge >= 0.3 is 0 Å². The summed E-state index contributed by atoms with van der Waals surface area (Å²) in [5.74, 6) is 0.512. The van der Waals surface area contributed by atoms with Crippen LogP contribution >= 0.6 is 0 Å². The quantitative estimate of drug-likeness (QED) is 0.503. The number of ether oxygens (including phenoxy) is 3. The molecule has 2 amide bonds. The summed E-state index contributed by atoms with van der Waals surface area (Å²) in [6.07, 6.45) is 0. The third-order valence-corrected chi connectivity index (χ3v) is 5.41. The largest absolute Gasteiger partial charge is 0.493 e. The van der Waals surface area contributed by atoms with Crippen LogP contribution < -0.4 is 19.5 Å². The highest BCUT2D eigenvalue weighted by Gasteiger charge is 2.21. The number of carbonyl (C=O) groups is 2. The normalized spacial score (nSPS) is 10.4. The molecule has 0 atom stereocenters. The highest BCUT2D eigenvalue weighted by Crippen LogP contribution is 2.39. The van der Waals surface area contributed by atoms with E-state index < -0.39 is 0 Å². The number of carbonyl (C=O) groups excluding carboxylic acids is 2. The molecule has 3 rings (SSSR count). The maximum absolute atomic E-state index is 13.1. The summed E-state index contributed by atoms with van der Waals surface area (Å²) in [6, 6.07) is 18.7. The molecule has 0 aliphatic heterocycles. The van der Waals surface area contributed by atoms with E-state index >= 15 is 0 Å². The first kappa shape index (κ1) is 24.6. The maximum atomic E-state index is 13.1. The zero-order valence-corrected chi connectivity index (χ0v) is 20.2. The second-order valence-corrected chi connectivity index (χ2v) is 7.96. The molecule has 0 aromatic heterocycles. The van der Waals surface area contributed by atoms with E-state index in [-0.39, 0.29) is 18.4 Å². The molecule has 0 saturated carbocycles. The number of likely N-dealkylation sites (N-methyl/N-ethyl adjacent to an activating group) is 1. The van der Waals surface area contributed by atoms with Gasteiger partial charge in [-0.15, -0.1) is 0 Å². The summed E-state index contributed by atoms with van der Waals surface area (Å²) in [5, 5.41) is 2.90. The van der Waals surface area contributed by atoms with Crippen LogP contribution in [0, 0.1) is 13.8 Å². The number of nitrogens with zero attached hydrogens (tertiary/aromatic N) is 1. The van der Waals surface area contributed by atoms with Gasteiger partial charge < -0.3 is 24.4 Å². The maximum Gasteiger partial charge on any atom is 0.254 e. The van der Waals surface area contributed by atoms with Gasteiger partial charge in [0.1, 0.15) is 6.61 Å². The van der Waals surface area contributed by atoms with E-state index in [0.29, 0.717) is 29.4 Å². The van der Waals surface area contributed by atoms with Gasteiger partial charge in [-0.3, -0.25) is 9.59 Å². The number of benzene rings is 3. The zero-order valence-electron chi connectivity index (χ0n) is 20.2. The fraction of sp³-hybridized carbons (Fsp3) is 0.259. The molecule has 0 fully saturated rings. The van der Waals surface area contributed by atoms with Crippen LogP contribution in [-0.2, 0) is 11.4 Å². The van der Waals surface area contributed by atoms with Gasteiger partial charge in [-0.2, -0.15) is 0 Å². The van der Waals surface area contributed by atoms with Crippen molar-refractivity contribution in [2.75, 3.05) is 33.1 Å². The molecule has 3 aromatic rings. The number of para-hydroxylation sites is 1. The fourth-order valence-corrected chi connectivity index (χ4v) is 3.57. The van der Waals surface area contributed by atoms with Crippen molar-refractivity contribution in [3.05, 3.63) is 82.9 Å². The van der Waals surface area contributed by atoms with Crippen molar-refractivity contribution in [2.24, 2.45) is 0 Å². The van der Waals surface area contributed by atoms with Crippen LogP contribution in [-0.4, -0.2) is 44.5 Å². The molecule has 3 aromatic carbocycles. The van der Waals surface area contributed by atoms with Crippen LogP contribution in [0.5, 0.6) is 17.2 Å². The Kier molecular flexibility index (Phi) is 8.14. The number of rotatable bonds is 9. The summed E-state index contributed by atoms with van der Waals surface area (Å²) in [4.78, 5) is 27.0. The Hall–Kier alpha value is -4.00. The average Bonchev–Trinajstić information content (AvgIpc) is 2.84. The molecule has 7 heteroatoms. The van der Waals surface area contributed by atoms with Crippen LogP contribution in [0.2, 0.25) is 0 Å². The van der Waals surface area contributed by atoms with Crippen molar-refractivity contribution in [2.45, 2.75) is 20.5 Å². The second-order valence-electron chi connectivity index (χ2n) is 7.96. The first-order chi connectivity index (χ1) is 16.3. The van der Waals surface area contributed by atoms with Crippen LogP contribution in [0.3, 0.4) is 0 Å². The average molecular weight is 463 g/mol. The molecular formula is C27H30N2O5. The van der Waals surface area contributed by atoms with E-state index in [2.05, 4.69) is 5.32 Å². The summed E-state index contributed by atoms with van der Waals surface area (Å²) in [5.41, 5.74) is 3.99. The van der Waals surface area contributed by atoms with Crippen LogP contribution in [0.1, 0.15) is 27.0 Å². The predicted molar refractivity (Wildman–Crippen MR) is 132 cm³/mol. The van der Waals surface area contributed by atoms with Crippen molar-refractivity contribution in [3.8, 4) is 17.2 Å². The minimum Gasteiger partial charge on any atom is -0.493 e. The number of hydrogen-bond acceptors (Lipinski definition) is 5. The van der Waals surface area contributed by atoms with Gasteiger partial charge in [-0.1, -0.05) is 48.5 Å². The Morgan fingerprint density at radius 1 is 0.882 bits per heavy atom. The number of nitrogens with one attached hydrogen (secondary N) is 1. The van der Waals surface area contributed by atoms with Crippen molar-refractivity contribution < 1.29 is 23.8 Å². The van der Waals surface area contributed by atoms with Gasteiger partial charge in [-0.05, 0) is 42.7 Å². The Morgan fingerprint density at radius 3 is 2.03 bits per heavy atom. The molecule has 34 heavy (non-hydrogen) atoms. The molecule has 0 bridgehead atoms. The van der Waals surface area contributed by atoms with Gasteiger partial charge in [-0.25, -0.2) is 0 Å². The number of anilines is 1. The minimum absolute atomic E-state index is 0.108. The number of amides is 2.